The third kappa shape index (κ3) is 3.76. The topological polar surface area (TPSA) is 46.2 Å². The summed E-state index contributed by atoms with van der Waals surface area (Å²) < 4.78 is 23.7. The van der Waals surface area contributed by atoms with Crippen LogP contribution in [-0.4, -0.2) is 32.5 Å². The van der Waals surface area contributed by atoms with Crippen LogP contribution < -0.4 is 5.32 Å². The molecule has 118 valence electrons. The number of hydrogen-bond acceptors (Lipinski definition) is 3. The predicted octanol–water partition coefficient (Wildman–Crippen LogP) is 3.00. The maximum atomic E-state index is 11.9. The third-order valence-electron chi connectivity index (χ3n) is 5.43. The highest BCUT2D eigenvalue weighted by atomic mass is 32.2. The van der Waals surface area contributed by atoms with Crippen LogP contribution in [-0.2, 0) is 9.84 Å². The Morgan fingerprint density at radius 3 is 2.45 bits per heavy atom. The minimum absolute atomic E-state index is 0.103. The first-order chi connectivity index (χ1) is 9.25. The van der Waals surface area contributed by atoms with E-state index in [2.05, 4.69) is 26.1 Å². The van der Waals surface area contributed by atoms with Gasteiger partial charge in [-0.25, -0.2) is 8.42 Å². The van der Waals surface area contributed by atoms with Gasteiger partial charge in [0.05, 0.1) is 5.25 Å². The predicted molar refractivity (Wildman–Crippen MR) is 84.6 cm³/mol. The van der Waals surface area contributed by atoms with E-state index in [1.165, 1.54) is 19.1 Å². The van der Waals surface area contributed by atoms with Gasteiger partial charge in [0.25, 0.3) is 0 Å². The van der Waals surface area contributed by atoms with Gasteiger partial charge in [-0.05, 0) is 55.9 Å². The van der Waals surface area contributed by atoms with E-state index in [4.69, 9.17) is 0 Å². The zero-order valence-corrected chi connectivity index (χ0v) is 14.3. The van der Waals surface area contributed by atoms with Crippen molar-refractivity contribution in [3.8, 4) is 0 Å². The van der Waals surface area contributed by atoms with Crippen LogP contribution in [0, 0.1) is 17.3 Å². The molecule has 0 aromatic carbocycles. The first-order valence-corrected chi connectivity index (χ1v) is 10.1. The maximum Gasteiger partial charge on any atom is 0.150 e. The SMILES string of the molecule is CCCNC(C1CCCC(S(C)(=O)=O)C1)C1CC1(C)C. The molecule has 0 aromatic rings. The van der Waals surface area contributed by atoms with Gasteiger partial charge in [0, 0.05) is 12.3 Å². The molecular weight excluding hydrogens is 270 g/mol. The molecular formula is C16H31NO2S. The van der Waals surface area contributed by atoms with E-state index >= 15 is 0 Å². The second-order valence-corrected chi connectivity index (χ2v) is 9.98. The van der Waals surface area contributed by atoms with E-state index in [0.29, 0.717) is 17.4 Å². The average Bonchev–Trinajstić information content (AvgIpc) is 2.98. The van der Waals surface area contributed by atoms with E-state index < -0.39 is 9.84 Å². The molecule has 0 spiro atoms. The molecule has 4 unspecified atom stereocenters. The molecule has 0 bridgehead atoms. The molecule has 0 heterocycles. The quantitative estimate of drug-likeness (QED) is 0.820. The number of sulfone groups is 1. The van der Waals surface area contributed by atoms with Crippen LogP contribution in [0.1, 0.15) is 59.3 Å². The molecule has 2 fully saturated rings. The van der Waals surface area contributed by atoms with Gasteiger partial charge in [-0.1, -0.05) is 27.2 Å². The highest BCUT2D eigenvalue weighted by Gasteiger charge is 2.52. The highest BCUT2D eigenvalue weighted by Crippen LogP contribution is 2.56. The summed E-state index contributed by atoms with van der Waals surface area (Å²) in [5.41, 5.74) is 0.448. The van der Waals surface area contributed by atoms with E-state index in [1.807, 2.05) is 0 Å². The molecule has 0 amide bonds. The molecule has 0 aromatic heterocycles. The number of hydrogen-bond donors (Lipinski definition) is 1. The Balaban J connectivity index is 2.04. The molecule has 0 radical (unpaired) electrons. The lowest BCUT2D eigenvalue weighted by molar-refractivity contribution is 0.233. The number of nitrogens with one attached hydrogen (secondary N) is 1. The lowest BCUT2D eigenvalue weighted by Crippen LogP contribution is -2.43. The average molecular weight is 301 g/mol. The van der Waals surface area contributed by atoms with Crippen molar-refractivity contribution >= 4 is 9.84 Å². The van der Waals surface area contributed by atoms with Crippen LogP contribution >= 0.6 is 0 Å². The molecule has 4 atom stereocenters. The molecule has 4 heteroatoms. The summed E-state index contributed by atoms with van der Waals surface area (Å²) in [5.74, 6) is 1.28. The summed E-state index contributed by atoms with van der Waals surface area (Å²) in [6.07, 6.45) is 7.84. The molecule has 3 nitrogen and oxygen atoms in total. The zero-order valence-electron chi connectivity index (χ0n) is 13.5. The van der Waals surface area contributed by atoms with Crippen LogP contribution in [0.15, 0.2) is 0 Å². The smallest absolute Gasteiger partial charge is 0.150 e. The van der Waals surface area contributed by atoms with E-state index in [-0.39, 0.29) is 5.25 Å². The van der Waals surface area contributed by atoms with Crippen LogP contribution in [0.2, 0.25) is 0 Å². The van der Waals surface area contributed by atoms with Crippen molar-refractivity contribution in [3.63, 3.8) is 0 Å². The van der Waals surface area contributed by atoms with Gasteiger partial charge >= 0.3 is 0 Å². The van der Waals surface area contributed by atoms with Crippen molar-refractivity contribution in [2.45, 2.75) is 70.6 Å². The summed E-state index contributed by atoms with van der Waals surface area (Å²) in [5, 5.41) is 3.63. The molecule has 2 rings (SSSR count). The summed E-state index contributed by atoms with van der Waals surface area (Å²) in [6.45, 7) is 7.93. The second-order valence-electron chi connectivity index (χ2n) is 7.66. The van der Waals surface area contributed by atoms with Gasteiger partial charge in [0.1, 0.15) is 9.84 Å². The van der Waals surface area contributed by atoms with E-state index in [1.54, 1.807) is 0 Å². The normalized spacial score (nSPS) is 34.7. The van der Waals surface area contributed by atoms with Crippen molar-refractivity contribution < 1.29 is 8.42 Å². The molecule has 2 aliphatic carbocycles. The Morgan fingerprint density at radius 2 is 1.95 bits per heavy atom. The van der Waals surface area contributed by atoms with Crippen molar-refractivity contribution in [2.24, 2.45) is 17.3 Å². The lowest BCUT2D eigenvalue weighted by atomic mass is 9.80. The van der Waals surface area contributed by atoms with Crippen LogP contribution in [0.5, 0.6) is 0 Å². The molecule has 20 heavy (non-hydrogen) atoms. The largest absolute Gasteiger partial charge is 0.313 e. The summed E-state index contributed by atoms with van der Waals surface area (Å²) in [7, 11) is -2.87. The third-order valence-corrected chi connectivity index (χ3v) is 7.07. The van der Waals surface area contributed by atoms with Gasteiger partial charge in [-0.2, -0.15) is 0 Å². The Labute approximate surface area is 124 Å². The number of rotatable bonds is 6. The van der Waals surface area contributed by atoms with Crippen molar-refractivity contribution in [1.29, 1.82) is 0 Å². The van der Waals surface area contributed by atoms with Gasteiger partial charge in [0.2, 0.25) is 0 Å². The summed E-state index contributed by atoms with van der Waals surface area (Å²) >= 11 is 0. The molecule has 0 saturated heterocycles. The Morgan fingerprint density at radius 1 is 1.30 bits per heavy atom. The highest BCUT2D eigenvalue weighted by molar-refractivity contribution is 7.91. The Hall–Kier alpha value is -0.0900. The monoisotopic (exact) mass is 301 g/mol. The van der Waals surface area contributed by atoms with Gasteiger partial charge < -0.3 is 5.32 Å². The molecule has 2 aliphatic rings. The fraction of sp³-hybridized carbons (Fsp3) is 1.00. The minimum Gasteiger partial charge on any atom is -0.313 e. The van der Waals surface area contributed by atoms with Crippen molar-refractivity contribution in [1.82, 2.24) is 5.32 Å². The zero-order chi connectivity index (χ0) is 15.0. The first-order valence-electron chi connectivity index (χ1n) is 8.18. The van der Waals surface area contributed by atoms with Gasteiger partial charge in [0.15, 0.2) is 0 Å². The molecule has 1 N–H and O–H groups in total. The summed E-state index contributed by atoms with van der Waals surface area (Å²) in [6, 6.07) is 0.523. The molecule has 2 saturated carbocycles. The van der Waals surface area contributed by atoms with Gasteiger partial charge in [-0.15, -0.1) is 0 Å². The Kier molecular flexibility index (Phi) is 4.85. The van der Waals surface area contributed by atoms with Crippen molar-refractivity contribution in [2.75, 3.05) is 12.8 Å². The van der Waals surface area contributed by atoms with Crippen LogP contribution in [0.3, 0.4) is 0 Å². The minimum atomic E-state index is -2.87. The van der Waals surface area contributed by atoms with E-state index in [9.17, 15) is 8.42 Å². The van der Waals surface area contributed by atoms with E-state index in [0.717, 1.165) is 38.1 Å². The standard InChI is InChI=1S/C16H31NO2S/c1-5-9-17-15(14-11-16(14,2)3)12-7-6-8-13(10-12)20(4,18)19/h12-15,17H,5-11H2,1-4H3. The second kappa shape index (κ2) is 5.96. The van der Waals surface area contributed by atoms with Crippen LogP contribution in [0.25, 0.3) is 0 Å². The maximum absolute atomic E-state index is 11.9. The lowest BCUT2D eigenvalue weighted by Gasteiger charge is -2.35. The first kappa shape index (κ1) is 16.3. The molecule has 0 aliphatic heterocycles. The fourth-order valence-corrected chi connectivity index (χ4v) is 5.16. The van der Waals surface area contributed by atoms with Crippen molar-refractivity contribution in [3.05, 3.63) is 0 Å². The fourth-order valence-electron chi connectivity index (χ4n) is 3.97. The van der Waals surface area contributed by atoms with Gasteiger partial charge in [-0.3, -0.25) is 0 Å². The van der Waals surface area contributed by atoms with Crippen LogP contribution in [0.4, 0.5) is 0 Å². The summed E-state index contributed by atoms with van der Waals surface area (Å²) in [4.78, 5) is 0. The Bertz CT molecular complexity index is 430.